The zero-order chi connectivity index (χ0) is 12.1. The maximum Gasteiger partial charge on any atom is 0.237 e. The first-order valence-electron chi connectivity index (χ1n) is 5.63. The number of carbonyl (C=O) groups is 1. The van der Waals surface area contributed by atoms with Crippen LogP contribution in [0.25, 0.3) is 0 Å². The molecular formula is C12H20N2OS. The molecule has 1 unspecified atom stereocenters. The number of amides is 1. The van der Waals surface area contributed by atoms with Gasteiger partial charge in [-0.25, -0.2) is 0 Å². The lowest BCUT2D eigenvalue weighted by Gasteiger charge is -2.17. The predicted molar refractivity (Wildman–Crippen MR) is 68.3 cm³/mol. The highest BCUT2D eigenvalue weighted by Gasteiger charge is 2.18. The van der Waals surface area contributed by atoms with Crippen molar-refractivity contribution in [1.29, 1.82) is 0 Å². The normalized spacial score (nSPS) is 14.5. The Morgan fingerprint density at radius 1 is 1.56 bits per heavy atom. The van der Waals surface area contributed by atoms with Gasteiger partial charge in [-0.3, -0.25) is 4.79 Å². The van der Waals surface area contributed by atoms with E-state index in [2.05, 4.69) is 18.3 Å². The van der Waals surface area contributed by atoms with Gasteiger partial charge in [0.2, 0.25) is 5.91 Å². The Hall–Kier alpha value is -0.870. The molecule has 1 amide bonds. The van der Waals surface area contributed by atoms with E-state index < -0.39 is 6.04 Å². The average Bonchev–Trinajstić information content (AvgIpc) is 2.69. The fourth-order valence-corrected chi connectivity index (χ4v) is 2.21. The number of aryl methyl sites for hydroxylation is 1. The van der Waals surface area contributed by atoms with Gasteiger partial charge in [0.05, 0.1) is 12.6 Å². The van der Waals surface area contributed by atoms with Gasteiger partial charge in [-0.2, -0.15) is 0 Å². The summed E-state index contributed by atoms with van der Waals surface area (Å²) in [5, 5.41) is 2.87. The van der Waals surface area contributed by atoms with Crippen LogP contribution < -0.4 is 11.1 Å². The summed E-state index contributed by atoms with van der Waals surface area (Å²) in [5.74, 6) is 0.172. The first-order chi connectivity index (χ1) is 7.54. The number of hydrogen-bond acceptors (Lipinski definition) is 3. The number of nitrogens with one attached hydrogen (secondary N) is 1. The van der Waals surface area contributed by atoms with E-state index in [-0.39, 0.29) is 11.8 Å². The summed E-state index contributed by atoms with van der Waals surface area (Å²) < 4.78 is 0. The maximum absolute atomic E-state index is 11.7. The van der Waals surface area contributed by atoms with Gasteiger partial charge in [-0.15, -0.1) is 11.3 Å². The Balaban J connectivity index is 2.40. The molecule has 16 heavy (non-hydrogen) atoms. The fraction of sp³-hybridized carbons (Fsp3) is 0.583. The van der Waals surface area contributed by atoms with Gasteiger partial charge < -0.3 is 11.1 Å². The highest BCUT2D eigenvalue weighted by atomic mass is 32.1. The summed E-state index contributed by atoms with van der Waals surface area (Å²) >= 11 is 1.70. The third kappa shape index (κ3) is 3.61. The molecule has 0 fully saturated rings. The summed E-state index contributed by atoms with van der Waals surface area (Å²) in [5.41, 5.74) is 5.83. The van der Waals surface area contributed by atoms with Crippen LogP contribution >= 0.6 is 11.3 Å². The van der Waals surface area contributed by atoms with Crippen molar-refractivity contribution < 1.29 is 4.79 Å². The van der Waals surface area contributed by atoms with Crippen molar-refractivity contribution in [3.8, 4) is 0 Å². The third-order valence-electron chi connectivity index (χ3n) is 2.79. The largest absolute Gasteiger partial charge is 0.350 e. The van der Waals surface area contributed by atoms with Gasteiger partial charge in [0.15, 0.2) is 0 Å². The van der Waals surface area contributed by atoms with E-state index in [9.17, 15) is 4.79 Å². The average molecular weight is 240 g/mol. The molecule has 0 saturated carbocycles. The number of thiophene rings is 1. The maximum atomic E-state index is 11.7. The predicted octanol–water partition coefficient (Wildman–Crippen LogP) is 2.05. The number of hydrogen-bond donors (Lipinski definition) is 2. The summed E-state index contributed by atoms with van der Waals surface area (Å²) in [6, 6.07) is 3.70. The Kier molecular flexibility index (Phi) is 4.96. The Morgan fingerprint density at radius 2 is 2.25 bits per heavy atom. The molecule has 1 aromatic rings. The molecule has 1 rings (SSSR count). The van der Waals surface area contributed by atoms with Crippen LogP contribution in [0.4, 0.5) is 0 Å². The third-order valence-corrected chi connectivity index (χ3v) is 3.79. The second-order valence-corrected chi connectivity index (χ2v) is 5.51. The van der Waals surface area contributed by atoms with Crippen molar-refractivity contribution >= 4 is 17.2 Å². The van der Waals surface area contributed by atoms with E-state index in [1.807, 2.05) is 19.9 Å². The molecule has 0 bridgehead atoms. The summed E-state index contributed by atoms with van der Waals surface area (Å²) in [6.07, 6.45) is 0.923. The van der Waals surface area contributed by atoms with Gasteiger partial charge in [-0.05, 0) is 25.0 Å². The van der Waals surface area contributed by atoms with Crippen molar-refractivity contribution in [3.63, 3.8) is 0 Å². The minimum absolute atomic E-state index is 0.0552. The van der Waals surface area contributed by atoms with Gasteiger partial charge in [0, 0.05) is 9.75 Å². The van der Waals surface area contributed by atoms with Crippen molar-refractivity contribution in [3.05, 3.63) is 21.9 Å². The van der Waals surface area contributed by atoms with Crippen LogP contribution in [0.5, 0.6) is 0 Å². The van der Waals surface area contributed by atoms with E-state index in [0.717, 1.165) is 6.42 Å². The molecule has 2 atom stereocenters. The smallest absolute Gasteiger partial charge is 0.237 e. The summed E-state index contributed by atoms with van der Waals surface area (Å²) in [7, 11) is 0. The number of rotatable bonds is 5. The lowest BCUT2D eigenvalue weighted by atomic mass is 9.99. The molecular weight excluding hydrogens is 220 g/mol. The zero-order valence-corrected chi connectivity index (χ0v) is 10.9. The monoisotopic (exact) mass is 240 g/mol. The van der Waals surface area contributed by atoms with Gasteiger partial charge in [0.1, 0.15) is 0 Å². The van der Waals surface area contributed by atoms with Crippen molar-refractivity contribution in [2.24, 2.45) is 11.7 Å². The number of nitrogens with two attached hydrogens (primary N) is 1. The van der Waals surface area contributed by atoms with E-state index in [1.165, 1.54) is 9.75 Å². The van der Waals surface area contributed by atoms with Crippen molar-refractivity contribution in [2.45, 2.75) is 39.8 Å². The highest BCUT2D eigenvalue weighted by Crippen LogP contribution is 2.14. The van der Waals surface area contributed by atoms with Crippen LogP contribution in [0.15, 0.2) is 12.1 Å². The van der Waals surface area contributed by atoms with Crippen molar-refractivity contribution in [2.75, 3.05) is 0 Å². The first kappa shape index (κ1) is 13.2. The minimum atomic E-state index is -0.397. The molecule has 1 heterocycles. The van der Waals surface area contributed by atoms with E-state index >= 15 is 0 Å². The lowest BCUT2D eigenvalue weighted by molar-refractivity contribution is -0.123. The van der Waals surface area contributed by atoms with E-state index in [1.54, 1.807) is 11.3 Å². The highest BCUT2D eigenvalue weighted by molar-refractivity contribution is 7.11. The molecule has 0 radical (unpaired) electrons. The Labute approximate surface area is 101 Å². The lowest BCUT2D eigenvalue weighted by Crippen LogP contribution is -2.44. The van der Waals surface area contributed by atoms with Crippen LogP contribution in [0, 0.1) is 12.8 Å². The molecule has 0 saturated heterocycles. The molecule has 0 aliphatic carbocycles. The van der Waals surface area contributed by atoms with Gasteiger partial charge in [-0.1, -0.05) is 20.3 Å². The molecule has 3 nitrogen and oxygen atoms in total. The van der Waals surface area contributed by atoms with Gasteiger partial charge in [0.25, 0.3) is 0 Å². The van der Waals surface area contributed by atoms with E-state index in [0.29, 0.717) is 6.54 Å². The molecule has 0 spiro atoms. The minimum Gasteiger partial charge on any atom is -0.350 e. The molecule has 3 N–H and O–H groups in total. The van der Waals surface area contributed by atoms with Crippen LogP contribution in [0.2, 0.25) is 0 Å². The molecule has 0 aromatic carbocycles. The van der Waals surface area contributed by atoms with Crippen molar-refractivity contribution in [1.82, 2.24) is 5.32 Å². The number of carbonyl (C=O) groups excluding carboxylic acids is 1. The SMILES string of the molecule is CCC(C)[C@H](N)C(=O)NCc1ccc(C)s1. The van der Waals surface area contributed by atoms with Crippen LogP contribution in [0.3, 0.4) is 0 Å². The van der Waals surface area contributed by atoms with Crippen LogP contribution in [-0.4, -0.2) is 11.9 Å². The summed E-state index contributed by atoms with van der Waals surface area (Å²) in [4.78, 5) is 14.1. The fourth-order valence-electron chi connectivity index (χ4n) is 1.38. The van der Waals surface area contributed by atoms with Crippen LogP contribution in [0.1, 0.15) is 30.0 Å². The standard InChI is InChI=1S/C12H20N2OS/c1-4-8(2)11(13)12(15)14-7-10-6-5-9(3)16-10/h5-6,8,11H,4,7,13H2,1-3H3,(H,14,15)/t8?,11-/m0/s1. The first-order valence-corrected chi connectivity index (χ1v) is 6.44. The molecule has 0 aliphatic heterocycles. The second-order valence-electron chi connectivity index (χ2n) is 4.14. The Morgan fingerprint density at radius 3 is 2.75 bits per heavy atom. The Bertz CT molecular complexity index is 349. The zero-order valence-electron chi connectivity index (χ0n) is 10.1. The molecule has 0 aliphatic rings. The van der Waals surface area contributed by atoms with Gasteiger partial charge >= 0.3 is 0 Å². The molecule has 90 valence electrons. The summed E-state index contributed by atoms with van der Waals surface area (Å²) in [6.45, 7) is 6.68. The molecule has 1 aromatic heterocycles. The molecule has 4 heteroatoms. The van der Waals surface area contributed by atoms with E-state index in [4.69, 9.17) is 5.73 Å². The topological polar surface area (TPSA) is 55.1 Å². The second kappa shape index (κ2) is 6.01. The quantitative estimate of drug-likeness (QED) is 0.827. The van der Waals surface area contributed by atoms with Crippen LogP contribution in [-0.2, 0) is 11.3 Å².